The number of piperidine rings is 1. The van der Waals surface area contributed by atoms with Gasteiger partial charge in [0, 0.05) is 32.3 Å². The van der Waals surface area contributed by atoms with Gasteiger partial charge in [0.15, 0.2) is 0 Å². The molecule has 0 radical (unpaired) electrons. The molecule has 2 aromatic rings. The first-order valence-corrected chi connectivity index (χ1v) is 10.8. The van der Waals surface area contributed by atoms with Gasteiger partial charge in [-0.05, 0) is 63.1 Å². The molecule has 1 saturated heterocycles. The van der Waals surface area contributed by atoms with Crippen molar-refractivity contribution >= 4 is 11.0 Å². The number of fused-ring (bicyclic) bond motifs is 1. The van der Waals surface area contributed by atoms with Crippen molar-refractivity contribution in [3.63, 3.8) is 0 Å². The van der Waals surface area contributed by atoms with Crippen molar-refractivity contribution in [1.82, 2.24) is 14.5 Å². The van der Waals surface area contributed by atoms with Crippen LogP contribution in [-0.4, -0.2) is 60.0 Å². The summed E-state index contributed by atoms with van der Waals surface area (Å²) in [5, 5.41) is 0. The number of methoxy groups -OCH3 is 1. The topological polar surface area (TPSA) is 59.5 Å². The highest BCUT2D eigenvalue weighted by Gasteiger charge is 2.30. The molecule has 0 unspecified atom stereocenters. The quantitative estimate of drug-likeness (QED) is 0.749. The summed E-state index contributed by atoms with van der Waals surface area (Å²) in [5.74, 6) is -0.275. The van der Waals surface area contributed by atoms with E-state index in [4.69, 9.17) is 9.47 Å². The lowest BCUT2D eigenvalue weighted by molar-refractivity contribution is -0.0173. The third-order valence-corrected chi connectivity index (χ3v) is 6.66. The van der Waals surface area contributed by atoms with Crippen LogP contribution in [0.2, 0.25) is 0 Å². The Labute approximate surface area is 171 Å². The van der Waals surface area contributed by atoms with E-state index < -0.39 is 0 Å². The van der Waals surface area contributed by atoms with Gasteiger partial charge in [-0.1, -0.05) is 0 Å². The monoisotopic (exact) mass is 405 g/mol. The Morgan fingerprint density at radius 2 is 1.79 bits per heavy atom. The largest absolute Gasteiger partial charge is 0.382 e. The fourth-order valence-electron chi connectivity index (χ4n) is 5.00. The molecule has 1 aromatic heterocycles. The van der Waals surface area contributed by atoms with Gasteiger partial charge in [0.2, 0.25) is 0 Å². The molecular weight excluding hydrogens is 373 g/mol. The molecule has 4 rings (SSSR count). The number of likely N-dealkylation sites (tertiary alicyclic amines) is 1. The number of hydrogen-bond acceptors (Lipinski definition) is 4. The molecule has 2 fully saturated rings. The number of nitrogens with zero attached hydrogens (tertiary/aromatic N) is 2. The van der Waals surface area contributed by atoms with Crippen LogP contribution >= 0.6 is 0 Å². The zero-order valence-corrected chi connectivity index (χ0v) is 17.5. The number of halogens is 1. The highest BCUT2D eigenvalue weighted by Crippen LogP contribution is 2.31. The van der Waals surface area contributed by atoms with E-state index >= 15 is 0 Å². The number of aryl methyl sites for hydroxylation is 1. The number of benzene rings is 1. The van der Waals surface area contributed by atoms with Crippen molar-refractivity contribution in [2.75, 3.05) is 33.4 Å². The van der Waals surface area contributed by atoms with Crippen molar-refractivity contribution in [3.05, 3.63) is 34.0 Å². The molecule has 7 heteroatoms. The third-order valence-electron chi connectivity index (χ3n) is 6.66. The molecule has 0 atom stereocenters. The van der Waals surface area contributed by atoms with E-state index in [1.807, 2.05) is 4.57 Å². The number of nitrogens with one attached hydrogen (secondary N) is 1. The number of H-pyrrole nitrogens is 1. The van der Waals surface area contributed by atoms with Crippen LogP contribution < -0.4 is 5.69 Å². The fraction of sp³-hybridized carbons (Fsp3) is 0.682. The predicted molar refractivity (Wildman–Crippen MR) is 111 cm³/mol. The standard InChI is InChI=1S/C22H32FN3O3/c1-15-13-21-20(14-19(15)23)24-22(27)26(21)17-7-9-25(10-8-17)16-3-5-18(6-4-16)29-12-11-28-2/h13-14,16-18H,3-12H2,1-2H3,(H,24,27)/t16-,18+. The zero-order chi connectivity index (χ0) is 20.4. The Balaban J connectivity index is 1.35. The molecule has 1 aliphatic heterocycles. The molecule has 1 aromatic carbocycles. The third kappa shape index (κ3) is 4.42. The SMILES string of the molecule is COCCO[C@H]1CC[C@@H](N2CCC(n3c(=O)[nH]c4cc(F)c(C)cc43)CC2)CC1. The number of ether oxygens (including phenoxy) is 2. The summed E-state index contributed by atoms with van der Waals surface area (Å²) in [5.41, 5.74) is 1.86. The Hall–Kier alpha value is -1.70. The minimum absolute atomic E-state index is 0.128. The van der Waals surface area contributed by atoms with Crippen molar-refractivity contribution in [2.45, 2.75) is 63.6 Å². The van der Waals surface area contributed by atoms with Gasteiger partial charge in [0.1, 0.15) is 5.82 Å². The summed E-state index contributed by atoms with van der Waals surface area (Å²) in [4.78, 5) is 18.0. The highest BCUT2D eigenvalue weighted by molar-refractivity contribution is 5.76. The molecule has 29 heavy (non-hydrogen) atoms. The molecule has 1 aliphatic carbocycles. The van der Waals surface area contributed by atoms with Crippen LogP contribution in [0.4, 0.5) is 4.39 Å². The second kappa shape index (κ2) is 8.98. The maximum atomic E-state index is 13.9. The van der Waals surface area contributed by atoms with Crippen molar-refractivity contribution in [1.29, 1.82) is 0 Å². The summed E-state index contributed by atoms with van der Waals surface area (Å²) < 4.78 is 26.6. The van der Waals surface area contributed by atoms with Gasteiger partial charge in [0.05, 0.1) is 30.4 Å². The number of aromatic nitrogens is 2. The highest BCUT2D eigenvalue weighted by atomic mass is 19.1. The van der Waals surface area contributed by atoms with Crippen molar-refractivity contribution < 1.29 is 13.9 Å². The molecule has 6 nitrogen and oxygen atoms in total. The van der Waals surface area contributed by atoms with Gasteiger partial charge < -0.3 is 19.4 Å². The van der Waals surface area contributed by atoms with Crippen LogP contribution in [0.25, 0.3) is 11.0 Å². The second-order valence-corrected chi connectivity index (χ2v) is 8.48. The van der Waals surface area contributed by atoms with Crippen LogP contribution in [0.1, 0.15) is 50.1 Å². The number of aromatic amines is 1. The van der Waals surface area contributed by atoms with Crippen LogP contribution in [0.3, 0.4) is 0 Å². The number of hydrogen-bond donors (Lipinski definition) is 1. The van der Waals surface area contributed by atoms with E-state index in [-0.39, 0.29) is 17.5 Å². The summed E-state index contributed by atoms with van der Waals surface area (Å²) in [7, 11) is 1.70. The number of rotatable bonds is 6. The molecule has 160 valence electrons. The maximum Gasteiger partial charge on any atom is 0.326 e. The number of imidazole rings is 1. The Bertz CT molecular complexity index is 877. The first-order chi connectivity index (χ1) is 14.1. The minimum Gasteiger partial charge on any atom is -0.382 e. The van der Waals surface area contributed by atoms with Gasteiger partial charge in [-0.2, -0.15) is 0 Å². The van der Waals surface area contributed by atoms with E-state index in [9.17, 15) is 9.18 Å². The van der Waals surface area contributed by atoms with Gasteiger partial charge in [-0.25, -0.2) is 9.18 Å². The van der Waals surface area contributed by atoms with Crippen LogP contribution in [0, 0.1) is 12.7 Å². The first kappa shape index (κ1) is 20.6. The Morgan fingerprint density at radius 3 is 2.48 bits per heavy atom. The van der Waals surface area contributed by atoms with Gasteiger partial charge in [-0.3, -0.25) is 4.57 Å². The average molecular weight is 406 g/mol. The first-order valence-electron chi connectivity index (χ1n) is 10.8. The molecule has 2 aliphatic rings. The van der Waals surface area contributed by atoms with Gasteiger partial charge in [-0.15, -0.1) is 0 Å². The van der Waals surface area contributed by atoms with E-state index in [1.54, 1.807) is 20.1 Å². The van der Waals surface area contributed by atoms with E-state index in [2.05, 4.69) is 9.88 Å². The van der Waals surface area contributed by atoms with Crippen LogP contribution in [-0.2, 0) is 9.47 Å². The summed E-state index contributed by atoms with van der Waals surface area (Å²) in [6.07, 6.45) is 6.84. The predicted octanol–water partition coefficient (Wildman–Crippen LogP) is 3.39. The Morgan fingerprint density at radius 1 is 1.07 bits per heavy atom. The summed E-state index contributed by atoms with van der Waals surface area (Å²) in [6, 6.07) is 4.02. The zero-order valence-electron chi connectivity index (χ0n) is 17.5. The van der Waals surface area contributed by atoms with E-state index in [1.165, 1.54) is 18.9 Å². The van der Waals surface area contributed by atoms with Crippen LogP contribution in [0.5, 0.6) is 0 Å². The molecule has 2 heterocycles. The lowest BCUT2D eigenvalue weighted by Crippen LogP contribution is -2.45. The summed E-state index contributed by atoms with van der Waals surface area (Å²) >= 11 is 0. The second-order valence-electron chi connectivity index (χ2n) is 8.48. The smallest absolute Gasteiger partial charge is 0.326 e. The minimum atomic E-state index is -0.275. The maximum absolute atomic E-state index is 13.9. The molecule has 1 saturated carbocycles. The molecule has 0 spiro atoms. The normalized spacial score (nSPS) is 24.4. The lowest BCUT2D eigenvalue weighted by Gasteiger charge is -2.41. The Kier molecular flexibility index (Phi) is 6.37. The lowest BCUT2D eigenvalue weighted by atomic mass is 9.90. The molecular formula is C22H32FN3O3. The summed E-state index contributed by atoms with van der Waals surface area (Å²) in [6.45, 7) is 5.09. The van der Waals surface area contributed by atoms with E-state index in [0.29, 0.717) is 36.4 Å². The fourth-order valence-corrected chi connectivity index (χ4v) is 5.00. The average Bonchev–Trinajstić information content (AvgIpc) is 3.04. The molecule has 0 bridgehead atoms. The molecule has 0 amide bonds. The van der Waals surface area contributed by atoms with Gasteiger partial charge >= 0.3 is 5.69 Å². The molecule has 1 N–H and O–H groups in total. The van der Waals surface area contributed by atoms with Crippen LogP contribution in [0.15, 0.2) is 16.9 Å². The van der Waals surface area contributed by atoms with Crippen molar-refractivity contribution in [3.8, 4) is 0 Å². The van der Waals surface area contributed by atoms with Crippen molar-refractivity contribution in [2.24, 2.45) is 0 Å². The van der Waals surface area contributed by atoms with Gasteiger partial charge in [0.25, 0.3) is 0 Å². The van der Waals surface area contributed by atoms with E-state index in [0.717, 1.165) is 44.3 Å².